The average Bonchev–Trinajstić information content (AvgIpc) is 3.05. The molecule has 0 radical (unpaired) electrons. The Morgan fingerprint density at radius 1 is 1.38 bits per heavy atom. The van der Waals surface area contributed by atoms with Gasteiger partial charge in [0.25, 0.3) is 0 Å². The van der Waals surface area contributed by atoms with Crippen molar-refractivity contribution in [2.75, 3.05) is 7.11 Å². The predicted molar refractivity (Wildman–Crippen MR) is 82.0 cm³/mol. The van der Waals surface area contributed by atoms with Gasteiger partial charge >= 0.3 is 0 Å². The molecule has 2 aromatic heterocycles. The van der Waals surface area contributed by atoms with E-state index >= 15 is 0 Å². The van der Waals surface area contributed by atoms with Gasteiger partial charge in [-0.1, -0.05) is 0 Å². The minimum Gasteiger partial charge on any atom is -0.497 e. The zero-order valence-corrected chi connectivity index (χ0v) is 12.7. The van der Waals surface area contributed by atoms with Gasteiger partial charge in [-0.3, -0.25) is 4.79 Å². The number of rotatable bonds is 5. The highest BCUT2D eigenvalue weighted by Crippen LogP contribution is 2.26. The molecule has 0 bridgehead atoms. The molecule has 2 heterocycles. The Morgan fingerprint density at radius 3 is 2.95 bits per heavy atom. The lowest BCUT2D eigenvalue weighted by molar-refractivity contribution is -0.117. The van der Waals surface area contributed by atoms with Crippen molar-refractivity contribution in [3.63, 3.8) is 0 Å². The number of methoxy groups -OCH3 is 1. The second kappa shape index (κ2) is 5.69. The van der Waals surface area contributed by atoms with Crippen LogP contribution in [0.2, 0.25) is 0 Å². The predicted octanol–water partition coefficient (Wildman–Crippen LogP) is 3.56. The fourth-order valence-electron chi connectivity index (χ4n) is 2.25. The van der Waals surface area contributed by atoms with E-state index < -0.39 is 0 Å². The number of hydrogen-bond acceptors (Lipinski definition) is 5. The van der Waals surface area contributed by atoms with E-state index in [-0.39, 0.29) is 5.78 Å². The van der Waals surface area contributed by atoms with Crippen molar-refractivity contribution >= 4 is 28.1 Å². The summed E-state index contributed by atoms with van der Waals surface area (Å²) in [6, 6.07) is 5.62. The number of hydrogen-bond donors (Lipinski definition) is 0. The van der Waals surface area contributed by atoms with Crippen molar-refractivity contribution in [3.8, 4) is 5.75 Å². The quantitative estimate of drug-likeness (QED) is 0.723. The van der Waals surface area contributed by atoms with Gasteiger partial charge in [-0.15, -0.1) is 11.3 Å². The molecular weight excluding hydrogens is 286 g/mol. The number of carbonyl (C=O) groups excluding carboxylic acids is 1. The van der Waals surface area contributed by atoms with Gasteiger partial charge in [0, 0.05) is 34.5 Å². The molecule has 108 valence electrons. The van der Waals surface area contributed by atoms with Crippen LogP contribution in [-0.2, 0) is 17.6 Å². The first-order valence-corrected chi connectivity index (χ1v) is 7.50. The number of ketones is 1. The summed E-state index contributed by atoms with van der Waals surface area (Å²) in [5.74, 6) is 0.885. The number of nitrogens with zero attached hydrogens (tertiary/aromatic N) is 1. The standard InChI is InChI=1S/C16H15NO3S/c1-10-9-21-16(17-10)6-12(18)5-11-8-20-15-7-13(19-2)3-4-14(11)15/h3-4,7-9H,5-6H2,1-2H3. The Morgan fingerprint density at radius 2 is 2.24 bits per heavy atom. The van der Waals surface area contributed by atoms with E-state index in [1.807, 2.05) is 30.5 Å². The van der Waals surface area contributed by atoms with Crippen LogP contribution in [0, 0.1) is 6.92 Å². The average molecular weight is 301 g/mol. The van der Waals surface area contributed by atoms with Gasteiger partial charge in [0.15, 0.2) is 0 Å². The first-order chi connectivity index (χ1) is 10.2. The highest BCUT2D eigenvalue weighted by Gasteiger charge is 2.13. The van der Waals surface area contributed by atoms with Crippen LogP contribution in [0.3, 0.4) is 0 Å². The van der Waals surface area contributed by atoms with Crippen LogP contribution < -0.4 is 4.74 Å². The number of fused-ring (bicyclic) bond motifs is 1. The molecule has 0 N–H and O–H groups in total. The van der Waals surface area contributed by atoms with Crippen molar-refractivity contribution in [1.29, 1.82) is 0 Å². The van der Waals surface area contributed by atoms with E-state index in [4.69, 9.17) is 9.15 Å². The number of ether oxygens (including phenoxy) is 1. The van der Waals surface area contributed by atoms with Crippen molar-refractivity contribution in [2.24, 2.45) is 0 Å². The number of aryl methyl sites for hydroxylation is 1. The second-order valence-electron chi connectivity index (χ2n) is 4.90. The molecule has 0 fully saturated rings. The third kappa shape index (κ3) is 2.97. The fraction of sp³-hybridized carbons (Fsp3) is 0.250. The zero-order valence-electron chi connectivity index (χ0n) is 11.9. The first-order valence-electron chi connectivity index (χ1n) is 6.62. The van der Waals surface area contributed by atoms with Gasteiger partial charge < -0.3 is 9.15 Å². The lowest BCUT2D eigenvalue weighted by Crippen LogP contribution is -2.06. The Hall–Kier alpha value is -2.14. The molecule has 4 nitrogen and oxygen atoms in total. The summed E-state index contributed by atoms with van der Waals surface area (Å²) < 4.78 is 10.7. The maximum atomic E-state index is 12.2. The van der Waals surface area contributed by atoms with E-state index in [0.717, 1.165) is 33.0 Å². The summed E-state index contributed by atoms with van der Waals surface area (Å²) in [7, 11) is 1.62. The van der Waals surface area contributed by atoms with Crippen LogP contribution in [0.25, 0.3) is 11.0 Å². The first kappa shape index (κ1) is 13.8. The van der Waals surface area contributed by atoms with Gasteiger partial charge in [-0.05, 0) is 19.1 Å². The Balaban J connectivity index is 1.76. The normalized spacial score (nSPS) is 11.0. The molecule has 0 spiro atoms. The lowest BCUT2D eigenvalue weighted by Gasteiger charge is -1.99. The van der Waals surface area contributed by atoms with Crippen molar-refractivity contribution in [1.82, 2.24) is 4.98 Å². The van der Waals surface area contributed by atoms with E-state index in [9.17, 15) is 4.79 Å². The molecule has 3 aromatic rings. The van der Waals surface area contributed by atoms with Gasteiger partial charge in [-0.2, -0.15) is 0 Å². The minimum absolute atomic E-state index is 0.142. The molecule has 0 aliphatic rings. The number of aromatic nitrogens is 1. The minimum atomic E-state index is 0.142. The summed E-state index contributed by atoms with van der Waals surface area (Å²) in [4.78, 5) is 16.5. The third-order valence-electron chi connectivity index (χ3n) is 3.27. The topological polar surface area (TPSA) is 52.3 Å². The molecule has 0 atom stereocenters. The number of carbonyl (C=O) groups is 1. The molecule has 0 saturated carbocycles. The van der Waals surface area contributed by atoms with Gasteiger partial charge in [0.1, 0.15) is 22.1 Å². The van der Waals surface area contributed by atoms with Gasteiger partial charge in [0.05, 0.1) is 19.8 Å². The van der Waals surface area contributed by atoms with Crippen LogP contribution in [0.15, 0.2) is 34.3 Å². The molecule has 0 aliphatic carbocycles. The van der Waals surface area contributed by atoms with E-state index in [1.165, 1.54) is 11.3 Å². The zero-order chi connectivity index (χ0) is 14.8. The smallest absolute Gasteiger partial charge is 0.144 e. The Bertz CT molecular complexity index is 788. The molecule has 0 aliphatic heterocycles. The van der Waals surface area contributed by atoms with E-state index in [1.54, 1.807) is 13.4 Å². The van der Waals surface area contributed by atoms with Crippen LogP contribution in [0.4, 0.5) is 0 Å². The summed E-state index contributed by atoms with van der Waals surface area (Å²) in [6.45, 7) is 1.93. The molecule has 0 amide bonds. The number of furan rings is 1. The largest absolute Gasteiger partial charge is 0.497 e. The monoisotopic (exact) mass is 301 g/mol. The maximum Gasteiger partial charge on any atom is 0.144 e. The number of Topliss-reactive ketones (excluding diaryl/α,β-unsaturated/α-hetero) is 1. The third-order valence-corrected chi connectivity index (χ3v) is 4.23. The molecule has 0 saturated heterocycles. The lowest BCUT2D eigenvalue weighted by atomic mass is 10.1. The maximum absolute atomic E-state index is 12.2. The van der Waals surface area contributed by atoms with Crippen molar-refractivity contribution in [3.05, 3.63) is 46.1 Å². The molecule has 0 unspecified atom stereocenters. The van der Waals surface area contributed by atoms with Crippen LogP contribution in [0.1, 0.15) is 16.3 Å². The highest BCUT2D eigenvalue weighted by molar-refractivity contribution is 7.09. The van der Waals surface area contributed by atoms with Crippen LogP contribution in [-0.4, -0.2) is 17.9 Å². The summed E-state index contributed by atoms with van der Waals surface area (Å²) in [5, 5.41) is 3.79. The Kier molecular flexibility index (Phi) is 3.75. The van der Waals surface area contributed by atoms with E-state index in [2.05, 4.69) is 4.98 Å². The summed E-state index contributed by atoms with van der Waals surface area (Å²) in [6.07, 6.45) is 2.38. The van der Waals surface area contributed by atoms with E-state index in [0.29, 0.717) is 12.8 Å². The molecule has 21 heavy (non-hydrogen) atoms. The van der Waals surface area contributed by atoms with Gasteiger partial charge in [-0.25, -0.2) is 4.98 Å². The SMILES string of the molecule is COc1ccc2c(CC(=O)Cc3nc(C)cs3)coc2c1. The van der Waals surface area contributed by atoms with Crippen LogP contribution in [0.5, 0.6) is 5.75 Å². The molecule has 5 heteroatoms. The van der Waals surface area contributed by atoms with Gasteiger partial charge in [0.2, 0.25) is 0 Å². The summed E-state index contributed by atoms with van der Waals surface area (Å²) in [5.41, 5.74) is 2.61. The molecule has 1 aromatic carbocycles. The van der Waals surface area contributed by atoms with Crippen molar-refractivity contribution < 1.29 is 13.9 Å². The molecular formula is C16H15NO3S. The molecule has 3 rings (SSSR count). The second-order valence-corrected chi connectivity index (χ2v) is 5.84. The summed E-state index contributed by atoms with van der Waals surface area (Å²) >= 11 is 1.53. The Labute approximate surface area is 126 Å². The number of benzene rings is 1. The number of thiazole rings is 1. The highest BCUT2D eigenvalue weighted by atomic mass is 32.1. The fourth-order valence-corrected chi connectivity index (χ4v) is 3.06. The van der Waals surface area contributed by atoms with Crippen molar-refractivity contribution in [2.45, 2.75) is 19.8 Å². The van der Waals surface area contributed by atoms with Crippen LogP contribution >= 0.6 is 11.3 Å².